The highest BCUT2D eigenvalue weighted by atomic mass is 16.5. The first kappa shape index (κ1) is 19.8. The number of rotatable bonds is 7. The molecular formula is C19H32N6O2. The van der Waals surface area contributed by atoms with Gasteiger partial charge in [-0.25, -0.2) is 4.99 Å². The van der Waals surface area contributed by atoms with Gasteiger partial charge in [0.15, 0.2) is 11.8 Å². The summed E-state index contributed by atoms with van der Waals surface area (Å²) in [4.78, 5) is 7.05. The quantitative estimate of drug-likeness (QED) is 0.441. The monoisotopic (exact) mass is 376 g/mol. The van der Waals surface area contributed by atoms with Crippen LogP contribution >= 0.6 is 0 Å². The van der Waals surface area contributed by atoms with Crippen molar-refractivity contribution in [2.45, 2.75) is 51.4 Å². The molecule has 1 N–H and O–H groups in total. The first-order chi connectivity index (χ1) is 13.2. The predicted octanol–water partition coefficient (Wildman–Crippen LogP) is 1.42. The molecule has 1 unspecified atom stereocenters. The molecule has 2 aliphatic heterocycles. The first-order valence-electron chi connectivity index (χ1n) is 9.89. The Kier molecular flexibility index (Phi) is 7.23. The van der Waals surface area contributed by atoms with E-state index in [0.717, 1.165) is 69.6 Å². The van der Waals surface area contributed by atoms with Gasteiger partial charge in [-0.1, -0.05) is 6.08 Å². The van der Waals surface area contributed by atoms with Gasteiger partial charge in [0.2, 0.25) is 0 Å². The van der Waals surface area contributed by atoms with Crippen LogP contribution in [0.4, 0.5) is 0 Å². The van der Waals surface area contributed by atoms with Crippen molar-refractivity contribution in [1.29, 1.82) is 0 Å². The smallest absolute Gasteiger partial charge is 0.194 e. The van der Waals surface area contributed by atoms with E-state index in [2.05, 4.69) is 27.0 Å². The molecule has 1 aromatic rings. The van der Waals surface area contributed by atoms with Gasteiger partial charge in [-0.2, -0.15) is 0 Å². The molecule has 2 fully saturated rings. The molecule has 0 bridgehead atoms. The van der Waals surface area contributed by atoms with Crippen molar-refractivity contribution >= 4 is 5.96 Å². The third kappa shape index (κ3) is 5.52. The van der Waals surface area contributed by atoms with E-state index < -0.39 is 0 Å². The molecule has 0 saturated carbocycles. The average Bonchev–Trinajstić information content (AvgIpc) is 3.32. The van der Waals surface area contributed by atoms with Crippen molar-refractivity contribution in [3.05, 3.63) is 24.3 Å². The highest BCUT2D eigenvalue weighted by molar-refractivity contribution is 5.80. The number of likely N-dealkylation sites (tertiary alicyclic amines) is 1. The lowest BCUT2D eigenvalue weighted by molar-refractivity contribution is -0.0367. The van der Waals surface area contributed by atoms with Crippen LogP contribution in [0, 0.1) is 6.92 Å². The Bertz CT molecular complexity index is 630. The Hall–Kier alpha value is -1.93. The molecule has 0 aromatic carbocycles. The van der Waals surface area contributed by atoms with Gasteiger partial charge in [0, 0.05) is 33.3 Å². The van der Waals surface area contributed by atoms with Crippen molar-refractivity contribution in [2.75, 3.05) is 32.8 Å². The van der Waals surface area contributed by atoms with Crippen LogP contribution in [-0.4, -0.2) is 70.7 Å². The maximum atomic E-state index is 6.07. The van der Waals surface area contributed by atoms with Gasteiger partial charge >= 0.3 is 0 Å². The fourth-order valence-corrected chi connectivity index (χ4v) is 3.42. The SMILES string of the molecule is C=CCNC(=NCc1nnc(C)n1C)N1CCC(OCC2CCCO2)CC1. The van der Waals surface area contributed by atoms with Crippen molar-refractivity contribution < 1.29 is 9.47 Å². The second-order valence-corrected chi connectivity index (χ2v) is 7.19. The summed E-state index contributed by atoms with van der Waals surface area (Å²) in [6.45, 7) is 10.4. The summed E-state index contributed by atoms with van der Waals surface area (Å²) in [6.07, 6.45) is 6.75. The lowest BCUT2D eigenvalue weighted by Gasteiger charge is -2.34. The van der Waals surface area contributed by atoms with E-state index in [1.807, 2.05) is 24.6 Å². The molecule has 8 heteroatoms. The molecule has 27 heavy (non-hydrogen) atoms. The maximum Gasteiger partial charge on any atom is 0.194 e. The minimum atomic E-state index is 0.296. The van der Waals surface area contributed by atoms with Gasteiger partial charge in [0.05, 0.1) is 18.8 Å². The molecule has 0 amide bonds. The predicted molar refractivity (Wildman–Crippen MR) is 105 cm³/mol. The van der Waals surface area contributed by atoms with E-state index in [1.165, 1.54) is 0 Å². The molecule has 1 aromatic heterocycles. The number of nitrogens with zero attached hydrogens (tertiary/aromatic N) is 5. The number of aromatic nitrogens is 3. The molecular weight excluding hydrogens is 344 g/mol. The molecule has 150 valence electrons. The Morgan fingerprint density at radius 3 is 2.81 bits per heavy atom. The average molecular weight is 377 g/mol. The van der Waals surface area contributed by atoms with Crippen LogP contribution in [0.2, 0.25) is 0 Å². The molecule has 8 nitrogen and oxygen atoms in total. The van der Waals surface area contributed by atoms with Gasteiger partial charge in [-0.05, 0) is 32.6 Å². The molecule has 0 radical (unpaired) electrons. The molecule has 0 aliphatic carbocycles. The summed E-state index contributed by atoms with van der Waals surface area (Å²) in [7, 11) is 1.97. The second kappa shape index (κ2) is 9.85. The van der Waals surface area contributed by atoms with Crippen LogP contribution in [0.5, 0.6) is 0 Å². The van der Waals surface area contributed by atoms with Crippen molar-refractivity contribution in [3.63, 3.8) is 0 Å². The topological polar surface area (TPSA) is 76.8 Å². The number of ether oxygens (including phenoxy) is 2. The fraction of sp³-hybridized carbons (Fsp3) is 0.737. The highest BCUT2D eigenvalue weighted by Crippen LogP contribution is 2.18. The Morgan fingerprint density at radius 1 is 1.37 bits per heavy atom. The van der Waals surface area contributed by atoms with E-state index >= 15 is 0 Å². The zero-order valence-electron chi connectivity index (χ0n) is 16.6. The van der Waals surface area contributed by atoms with E-state index in [9.17, 15) is 0 Å². The molecule has 3 rings (SSSR count). The minimum Gasteiger partial charge on any atom is -0.376 e. The fourth-order valence-electron chi connectivity index (χ4n) is 3.42. The summed E-state index contributed by atoms with van der Waals surface area (Å²) in [5.41, 5.74) is 0. The van der Waals surface area contributed by atoms with Crippen LogP contribution in [-0.2, 0) is 23.1 Å². The zero-order valence-corrected chi connectivity index (χ0v) is 16.6. The second-order valence-electron chi connectivity index (χ2n) is 7.19. The van der Waals surface area contributed by atoms with Gasteiger partial charge in [0.25, 0.3) is 0 Å². The standard InChI is InChI=1S/C19H32N6O2/c1-4-9-20-19(21-13-18-23-22-15(2)24(18)3)25-10-7-16(8-11-25)27-14-17-6-5-12-26-17/h4,16-17H,1,5-14H2,2-3H3,(H,20,21). The van der Waals surface area contributed by atoms with Crippen LogP contribution < -0.4 is 5.32 Å². The van der Waals surface area contributed by atoms with Crippen molar-refractivity contribution in [3.8, 4) is 0 Å². The number of aliphatic imine (C=N–C) groups is 1. The van der Waals surface area contributed by atoms with Gasteiger partial charge in [-0.15, -0.1) is 16.8 Å². The highest BCUT2D eigenvalue weighted by Gasteiger charge is 2.24. The summed E-state index contributed by atoms with van der Waals surface area (Å²) in [5.74, 6) is 2.65. The van der Waals surface area contributed by atoms with E-state index in [-0.39, 0.29) is 0 Å². The summed E-state index contributed by atoms with van der Waals surface area (Å²) >= 11 is 0. The van der Waals surface area contributed by atoms with Gasteiger partial charge < -0.3 is 24.3 Å². The van der Waals surface area contributed by atoms with Crippen LogP contribution in [0.15, 0.2) is 17.6 Å². The van der Waals surface area contributed by atoms with E-state index in [0.29, 0.717) is 25.3 Å². The molecule has 2 saturated heterocycles. The Morgan fingerprint density at radius 2 is 2.19 bits per heavy atom. The number of piperidine rings is 1. The Balaban J connectivity index is 1.51. The van der Waals surface area contributed by atoms with Crippen molar-refractivity contribution in [1.82, 2.24) is 25.0 Å². The summed E-state index contributed by atoms with van der Waals surface area (Å²) in [5, 5.41) is 11.7. The maximum absolute atomic E-state index is 6.07. The summed E-state index contributed by atoms with van der Waals surface area (Å²) < 4.78 is 13.7. The molecule has 3 heterocycles. The van der Waals surface area contributed by atoms with Crippen molar-refractivity contribution in [2.24, 2.45) is 12.0 Å². The molecule has 1 atom stereocenters. The zero-order chi connectivity index (χ0) is 19.1. The van der Waals surface area contributed by atoms with E-state index in [1.54, 1.807) is 0 Å². The molecule has 2 aliphatic rings. The van der Waals surface area contributed by atoms with Gasteiger partial charge in [0.1, 0.15) is 12.4 Å². The number of hydrogen-bond acceptors (Lipinski definition) is 5. The number of hydrogen-bond donors (Lipinski definition) is 1. The van der Waals surface area contributed by atoms with Crippen LogP contribution in [0.1, 0.15) is 37.3 Å². The first-order valence-corrected chi connectivity index (χ1v) is 9.89. The Labute approximate surface area is 161 Å². The third-order valence-corrected chi connectivity index (χ3v) is 5.24. The van der Waals surface area contributed by atoms with E-state index in [4.69, 9.17) is 14.5 Å². The summed E-state index contributed by atoms with van der Waals surface area (Å²) in [6, 6.07) is 0. The molecule has 0 spiro atoms. The third-order valence-electron chi connectivity index (χ3n) is 5.24. The normalized spacial score (nSPS) is 21.6. The number of nitrogens with one attached hydrogen (secondary N) is 1. The van der Waals surface area contributed by atoms with Crippen LogP contribution in [0.3, 0.4) is 0 Å². The largest absolute Gasteiger partial charge is 0.376 e. The number of guanidine groups is 1. The number of aryl methyl sites for hydroxylation is 1. The lowest BCUT2D eigenvalue weighted by atomic mass is 10.1. The van der Waals surface area contributed by atoms with Gasteiger partial charge in [-0.3, -0.25) is 0 Å². The lowest BCUT2D eigenvalue weighted by Crippen LogP contribution is -2.47. The minimum absolute atomic E-state index is 0.296. The van der Waals surface area contributed by atoms with Crippen LogP contribution in [0.25, 0.3) is 0 Å².